The third-order valence-electron chi connectivity index (χ3n) is 4.11. The van der Waals surface area contributed by atoms with E-state index in [2.05, 4.69) is 18.6 Å². The number of hydrogen-bond acceptors (Lipinski definition) is 3. The van der Waals surface area contributed by atoms with Crippen molar-refractivity contribution in [3.8, 4) is 0 Å². The first-order valence-corrected chi connectivity index (χ1v) is 9.13. The van der Waals surface area contributed by atoms with Crippen LogP contribution >= 0.6 is 11.6 Å². The van der Waals surface area contributed by atoms with Gasteiger partial charge in [0.2, 0.25) is 10.0 Å². The molecule has 1 aromatic carbocycles. The van der Waals surface area contributed by atoms with Crippen molar-refractivity contribution in [3.05, 3.63) is 22.7 Å². The fourth-order valence-corrected chi connectivity index (χ4v) is 5.08. The third-order valence-corrected chi connectivity index (χ3v) is 6.10. The van der Waals surface area contributed by atoms with Crippen molar-refractivity contribution in [2.24, 2.45) is 11.8 Å². The first-order chi connectivity index (χ1) is 9.69. The average Bonchev–Trinajstić information content (AvgIpc) is 2.31. The summed E-state index contributed by atoms with van der Waals surface area (Å²) >= 11 is 6.09. The molecule has 3 N–H and O–H groups in total. The molecule has 1 saturated carbocycles. The number of nitrogens with two attached hydrogens (primary N) is 1. The lowest BCUT2D eigenvalue weighted by Gasteiger charge is -2.31. The van der Waals surface area contributed by atoms with Gasteiger partial charge in [0.25, 0.3) is 0 Å². The largest absolute Gasteiger partial charge is 0.398 e. The van der Waals surface area contributed by atoms with E-state index >= 15 is 0 Å². The second-order valence-corrected chi connectivity index (χ2v) is 8.46. The van der Waals surface area contributed by atoms with Crippen molar-refractivity contribution < 1.29 is 8.42 Å². The third kappa shape index (κ3) is 3.90. The van der Waals surface area contributed by atoms with Crippen LogP contribution in [0.3, 0.4) is 0 Å². The predicted octanol–water partition coefficient (Wildman–Crippen LogP) is 3.33. The number of sulfonamides is 1. The molecule has 1 aliphatic carbocycles. The molecule has 6 heteroatoms. The number of halogens is 1. The van der Waals surface area contributed by atoms with Gasteiger partial charge in [-0.15, -0.1) is 0 Å². The van der Waals surface area contributed by atoms with Crippen LogP contribution < -0.4 is 10.5 Å². The number of anilines is 1. The molecule has 4 nitrogen and oxygen atoms in total. The van der Waals surface area contributed by atoms with E-state index in [1.54, 1.807) is 13.0 Å². The van der Waals surface area contributed by atoms with Gasteiger partial charge in [-0.2, -0.15) is 0 Å². The summed E-state index contributed by atoms with van der Waals surface area (Å²) in [5, 5.41) is 0.214. The lowest BCUT2D eigenvalue weighted by Crippen LogP contribution is -2.40. The van der Waals surface area contributed by atoms with Gasteiger partial charge in [0.1, 0.15) is 4.90 Å². The highest BCUT2D eigenvalue weighted by molar-refractivity contribution is 7.89. The fraction of sp³-hybridized carbons (Fsp3) is 0.600. The van der Waals surface area contributed by atoms with Crippen molar-refractivity contribution in [2.75, 3.05) is 5.73 Å². The highest BCUT2D eigenvalue weighted by Crippen LogP contribution is 2.31. The molecule has 0 radical (unpaired) electrons. The quantitative estimate of drug-likeness (QED) is 0.835. The van der Waals surface area contributed by atoms with Crippen molar-refractivity contribution >= 4 is 27.3 Å². The molecular weight excluding hydrogens is 308 g/mol. The molecule has 2 rings (SSSR count). The molecule has 0 amide bonds. The number of hydrogen-bond donors (Lipinski definition) is 2. The van der Waals surface area contributed by atoms with E-state index in [9.17, 15) is 8.42 Å². The molecule has 0 spiro atoms. The molecule has 2 atom stereocenters. The molecule has 0 heterocycles. The maximum absolute atomic E-state index is 12.5. The molecule has 0 aromatic heterocycles. The Kier molecular flexibility index (Phi) is 4.85. The van der Waals surface area contributed by atoms with Crippen LogP contribution in [0.1, 0.15) is 38.7 Å². The Morgan fingerprint density at radius 1 is 1.19 bits per heavy atom. The number of benzene rings is 1. The second-order valence-electron chi connectivity index (χ2n) is 6.37. The molecule has 1 aliphatic rings. The van der Waals surface area contributed by atoms with E-state index in [4.69, 9.17) is 17.3 Å². The summed E-state index contributed by atoms with van der Waals surface area (Å²) in [4.78, 5) is 0.0677. The molecule has 1 aromatic rings. The number of aryl methyl sites for hydroxylation is 1. The van der Waals surface area contributed by atoms with E-state index in [1.165, 1.54) is 6.07 Å². The Morgan fingerprint density at radius 3 is 2.33 bits per heavy atom. The smallest absolute Gasteiger partial charge is 0.242 e. The summed E-state index contributed by atoms with van der Waals surface area (Å²) in [6.07, 6.45) is 2.88. The average molecular weight is 331 g/mol. The number of nitrogen functional groups attached to an aromatic ring is 1. The molecular formula is C15H23ClN2O2S. The second kappa shape index (κ2) is 6.15. The van der Waals surface area contributed by atoms with Crippen LogP contribution in [0.15, 0.2) is 17.0 Å². The van der Waals surface area contributed by atoms with Gasteiger partial charge in [0, 0.05) is 11.7 Å². The summed E-state index contributed by atoms with van der Waals surface area (Å²) in [5.74, 6) is 1.06. The number of nitrogens with one attached hydrogen (secondary N) is 1. The van der Waals surface area contributed by atoms with Gasteiger partial charge in [-0.05, 0) is 55.7 Å². The van der Waals surface area contributed by atoms with Crippen molar-refractivity contribution in [1.29, 1.82) is 0 Å². The molecule has 1 fully saturated rings. The lowest BCUT2D eigenvalue weighted by atomic mass is 9.81. The minimum Gasteiger partial charge on any atom is -0.398 e. The standard InChI is InChI=1S/C15H23ClN2O2S/c1-9-4-10(2)6-12(5-9)18-21(19,20)15-8-14(17)11(3)7-13(15)16/h7-10,12,18H,4-6,17H2,1-3H3. The Labute approximate surface area is 132 Å². The van der Waals surface area contributed by atoms with E-state index < -0.39 is 10.0 Å². The van der Waals surface area contributed by atoms with Crippen LogP contribution in [0.25, 0.3) is 0 Å². The van der Waals surface area contributed by atoms with Crippen LogP contribution in [-0.4, -0.2) is 14.5 Å². The molecule has 21 heavy (non-hydrogen) atoms. The van der Waals surface area contributed by atoms with Gasteiger partial charge in [-0.1, -0.05) is 25.4 Å². The zero-order valence-electron chi connectivity index (χ0n) is 12.7. The van der Waals surface area contributed by atoms with Gasteiger partial charge in [-0.25, -0.2) is 13.1 Å². The summed E-state index contributed by atoms with van der Waals surface area (Å²) in [7, 11) is -3.64. The van der Waals surface area contributed by atoms with E-state index in [0.717, 1.165) is 24.8 Å². The van der Waals surface area contributed by atoms with E-state index in [0.29, 0.717) is 17.5 Å². The normalized spacial score (nSPS) is 26.8. The van der Waals surface area contributed by atoms with Crippen LogP contribution in [-0.2, 0) is 10.0 Å². The topological polar surface area (TPSA) is 72.2 Å². The molecule has 0 aliphatic heterocycles. The van der Waals surface area contributed by atoms with E-state index in [-0.39, 0.29) is 16.0 Å². The van der Waals surface area contributed by atoms with Gasteiger partial charge in [0.15, 0.2) is 0 Å². The summed E-state index contributed by atoms with van der Waals surface area (Å²) in [6, 6.07) is 3.00. The van der Waals surface area contributed by atoms with Crippen LogP contribution in [0.2, 0.25) is 5.02 Å². The van der Waals surface area contributed by atoms with Crippen molar-refractivity contribution in [2.45, 2.75) is 51.0 Å². The SMILES string of the molecule is Cc1cc(Cl)c(S(=O)(=O)NC2CC(C)CC(C)C2)cc1N. The summed E-state index contributed by atoms with van der Waals surface area (Å²) in [5.41, 5.74) is 7.02. The fourth-order valence-electron chi connectivity index (χ4n) is 3.20. The first kappa shape index (κ1) is 16.6. The summed E-state index contributed by atoms with van der Waals surface area (Å²) < 4.78 is 27.9. The predicted molar refractivity (Wildman–Crippen MR) is 86.9 cm³/mol. The van der Waals surface area contributed by atoms with Gasteiger partial charge in [-0.3, -0.25) is 0 Å². The highest BCUT2D eigenvalue weighted by atomic mass is 35.5. The first-order valence-electron chi connectivity index (χ1n) is 7.27. The van der Waals surface area contributed by atoms with Gasteiger partial charge < -0.3 is 5.73 Å². The molecule has 0 saturated heterocycles. The zero-order valence-corrected chi connectivity index (χ0v) is 14.3. The minimum absolute atomic E-state index is 0.0349. The van der Waals surface area contributed by atoms with Crippen LogP contribution in [0.4, 0.5) is 5.69 Å². The maximum Gasteiger partial charge on any atom is 0.242 e. The Bertz CT molecular complexity index is 621. The van der Waals surface area contributed by atoms with Crippen LogP contribution in [0.5, 0.6) is 0 Å². The Morgan fingerprint density at radius 2 is 1.76 bits per heavy atom. The minimum atomic E-state index is -3.64. The molecule has 2 unspecified atom stereocenters. The zero-order chi connectivity index (χ0) is 15.8. The highest BCUT2D eigenvalue weighted by Gasteiger charge is 2.29. The van der Waals surface area contributed by atoms with E-state index in [1.807, 2.05) is 0 Å². The van der Waals surface area contributed by atoms with Crippen molar-refractivity contribution in [1.82, 2.24) is 4.72 Å². The Hall–Kier alpha value is -0.780. The summed E-state index contributed by atoms with van der Waals surface area (Å²) in [6.45, 7) is 6.12. The maximum atomic E-state index is 12.5. The van der Waals surface area contributed by atoms with Gasteiger partial charge in [0.05, 0.1) is 5.02 Å². The lowest BCUT2D eigenvalue weighted by molar-refractivity contribution is 0.257. The Balaban J connectivity index is 2.24. The number of rotatable bonds is 3. The van der Waals surface area contributed by atoms with Crippen LogP contribution in [0, 0.1) is 18.8 Å². The molecule has 118 valence electrons. The van der Waals surface area contributed by atoms with Crippen molar-refractivity contribution in [3.63, 3.8) is 0 Å². The monoisotopic (exact) mass is 330 g/mol. The van der Waals surface area contributed by atoms with Gasteiger partial charge >= 0.3 is 0 Å². The molecule has 0 bridgehead atoms.